The molecule has 0 saturated carbocycles. The Hall–Kier alpha value is -2.24. The number of aromatic nitrogens is 2. The van der Waals surface area contributed by atoms with Gasteiger partial charge in [0, 0.05) is 21.9 Å². The highest BCUT2D eigenvalue weighted by Crippen LogP contribution is 2.25. The normalized spacial score (nSPS) is 10.8. The summed E-state index contributed by atoms with van der Waals surface area (Å²) in [5.74, 6) is 0.333. The first-order valence-electron chi connectivity index (χ1n) is 7.37. The van der Waals surface area contributed by atoms with Crippen LogP contribution < -0.4 is 10.1 Å². The van der Waals surface area contributed by atoms with Crippen molar-refractivity contribution in [1.82, 2.24) is 9.38 Å². The fourth-order valence-corrected chi connectivity index (χ4v) is 3.04. The van der Waals surface area contributed by atoms with E-state index in [2.05, 4.69) is 10.3 Å². The van der Waals surface area contributed by atoms with Gasteiger partial charge in [-0.3, -0.25) is 9.20 Å². The molecule has 0 aliphatic carbocycles. The third-order valence-electron chi connectivity index (χ3n) is 3.42. The highest BCUT2D eigenvalue weighted by Gasteiger charge is 2.19. The van der Waals surface area contributed by atoms with Crippen molar-refractivity contribution < 1.29 is 9.53 Å². The van der Waals surface area contributed by atoms with Crippen LogP contribution in [0, 0.1) is 6.92 Å². The first-order valence-corrected chi connectivity index (χ1v) is 8.13. The number of pyridine rings is 1. The number of hydrogen-bond acceptors (Lipinski definition) is 3. The molecule has 0 saturated heterocycles. The number of halogens is 2. The van der Waals surface area contributed by atoms with Gasteiger partial charge in [0.25, 0.3) is 5.91 Å². The van der Waals surface area contributed by atoms with Gasteiger partial charge < -0.3 is 10.1 Å². The van der Waals surface area contributed by atoms with Gasteiger partial charge >= 0.3 is 0 Å². The van der Waals surface area contributed by atoms with Crippen molar-refractivity contribution in [2.45, 2.75) is 13.8 Å². The number of aryl methyl sites for hydroxylation is 1. The van der Waals surface area contributed by atoms with Gasteiger partial charge in [-0.05, 0) is 44.2 Å². The lowest BCUT2D eigenvalue weighted by atomic mass is 10.2. The lowest BCUT2D eigenvalue weighted by molar-refractivity contribution is 0.102. The summed E-state index contributed by atoms with van der Waals surface area (Å²) < 4.78 is 7.28. The molecular formula is C17H15Cl2N3O2. The molecule has 2 aromatic heterocycles. The van der Waals surface area contributed by atoms with E-state index in [-0.39, 0.29) is 5.91 Å². The average Bonchev–Trinajstić information content (AvgIpc) is 2.83. The predicted octanol–water partition coefficient (Wildman–Crippen LogP) is 4.60. The summed E-state index contributed by atoms with van der Waals surface area (Å²) in [5, 5.41) is 3.70. The quantitative estimate of drug-likeness (QED) is 0.736. The number of ether oxygens (including phenoxy) is 1. The maximum absolute atomic E-state index is 12.7. The zero-order valence-corrected chi connectivity index (χ0v) is 14.6. The first kappa shape index (κ1) is 16.6. The highest BCUT2D eigenvalue weighted by molar-refractivity contribution is 6.35. The molecular weight excluding hydrogens is 349 g/mol. The lowest BCUT2D eigenvalue weighted by Crippen LogP contribution is -2.15. The largest absolute Gasteiger partial charge is 0.490 e. The van der Waals surface area contributed by atoms with E-state index in [4.69, 9.17) is 27.9 Å². The van der Waals surface area contributed by atoms with E-state index in [1.165, 1.54) is 0 Å². The lowest BCUT2D eigenvalue weighted by Gasteiger charge is -2.08. The molecule has 0 spiro atoms. The number of hydrogen-bond donors (Lipinski definition) is 1. The molecule has 3 aromatic rings. The molecule has 124 valence electrons. The SMILES string of the molecule is CCOc1cccn2c(C(=O)Nc3cc(Cl)cc(Cl)c3)c(C)nc12. The second kappa shape index (κ2) is 6.71. The van der Waals surface area contributed by atoms with Crippen molar-refractivity contribution in [3.63, 3.8) is 0 Å². The first-order chi connectivity index (χ1) is 11.5. The van der Waals surface area contributed by atoms with Gasteiger partial charge in [-0.2, -0.15) is 0 Å². The molecule has 0 radical (unpaired) electrons. The van der Waals surface area contributed by atoms with E-state index in [1.54, 1.807) is 35.7 Å². The van der Waals surface area contributed by atoms with Crippen LogP contribution in [0.1, 0.15) is 23.1 Å². The monoisotopic (exact) mass is 363 g/mol. The molecule has 3 rings (SSSR count). The molecule has 1 aromatic carbocycles. The Labute approximate surface area is 149 Å². The second-order valence-electron chi connectivity index (χ2n) is 5.16. The summed E-state index contributed by atoms with van der Waals surface area (Å²) in [7, 11) is 0. The van der Waals surface area contributed by atoms with Crippen LogP contribution in [0.2, 0.25) is 10.0 Å². The summed E-state index contributed by atoms with van der Waals surface area (Å²) in [5.41, 5.74) is 2.16. The van der Waals surface area contributed by atoms with Crippen molar-refractivity contribution in [3.05, 3.63) is 58.0 Å². The van der Waals surface area contributed by atoms with Crippen LogP contribution in [-0.2, 0) is 0 Å². The van der Waals surface area contributed by atoms with E-state index >= 15 is 0 Å². The minimum atomic E-state index is -0.299. The van der Waals surface area contributed by atoms with Gasteiger partial charge in [0.2, 0.25) is 0 Å². The van der Waals surface area contributed by atoms with Crippen LogP contribution in [0.25, 0.3) is 5.65 Å². The third kappa shape index (κ3) is 3.18. The van der Waals surface area contributed by atoms with Crippen molar-refractivity contribution in [2.75, 3.05) is 11.9 Å². The Morgan fingerprint density at radius 1 is 1.29 bits per heavy atom. The molecule has 1 amide bonds. The minimum absolute atomic E-state index is 0.299. The van der Waals surface area contributed by atoms with Crippen molar-refractivity contribution in [1.29, 1.82) is 0 Å². The summed E-state index contributed by atoms with van der Waals surface area (Å²) in [6.07, 6.45) is 1.78. The number of carbonyl (C=O) groups excluding carboxylic acids is 1. The molecule has 5 nitrogen and oxygen atoms in total. The molecule has 0 bridgehead atoms. The van der Waals surface area contributed by atoms with E-state index in [0.29, 0.717) is 45.1 Å². The van der Waals surface area contributed by atoms with E-state index in [1.807, 2.05) is 19.1 Å². The standard InChI is InChI=1S/C17H15Cl2N3O2/c1-3-24-14-5-4-6-22-15(10(2)20-16(14)22)17(23)21-13-8-11(18)7-12(19)9-13/h4-9H,3H2,1-2H3,(H,21,23). The fraction of sp³-hybridized carbons (Fsp3) is 0.176. The van der Waals surface area contributed by atoms with E-state index < -0.39 is 0 Å². The predicted molar refractivity (Wildman–Crippen MR) is 95.5 cm³/mol. The minimum Gasteiger partial charge on any atom is -0.490 e. The maximum atomic E-state index is 12.7. The molecule has 2 heterocycles. The number of amides is 1. The smallest absolute Gasteiger partial charge is 0.274 e. The van der Waals surface area contributed by atoms with Gasteiger partial charge in [0.05, 0.1) is 12.3 Å². The third-order valence-corrected chi connectivity index (χ3v) is 3.86. The summed E-state index contributed by atoms with van der Waals surface area (Å²) in [6.45, 7) is 4.20. The van der Waals surface area contributed by atoms with Crippen molar-refractivity contribution in [2.24, 2.45) is 0 Å². The number of benzene rings is 1. The number of fused-ring (bicyclic) bond motifs is 1. The number of nitrogens with one attached hydrogen (secondary N) is 1. The molecule has 0 fully saturated rings. The summed E-state index contributed by atoms with van der Waals surface area (Å²) in [6, 6.07) is 8.51. The summed E-state index contributed by atoms with van der Waals surface area (Å²) >= 11 is 11.9. The molecule has 0 aliphatic heterocycles. The Bertz CT molecular complexity index is 901. The van der Waals surface area contributed by atoms with Crippen LogP contribution in [0.4, 0.5) is 5.69 Å². The Balaban J connectivity index is 2.00. The van der Waals surface area contributed by atoms with Crippen LogP contribution in [0.15, 0.2) is 36.5 Å². The number of imidazole rings is 1. The Kier molecular flexibility index (Phi) is 4.64. The Morgan fingerprint density at radius 3 is 2.67 bits per heavy atom. The molecule has 7 heteroatoms. The van der Waals surface area contributed by atoms with Gasteiger partial charge in [0.15, 0.2) is 11.4 Å². The van der Waals surface area contributed by atoms with Crippen LogP contribution in [-0.4, -0.2) is 21.9 Å². The van der Waals surface area contributed by atoms with Crippen LogP contribution >= 0.6 is 23.2 Å². The van der Waals surface area contributed by atoms with Crippen LogP contribution in [0.3, 0.4) is 0 Å². The van der Waals surface area contributed by atoms with Gasteiger partial charge in [0.1, 0.15) is 5.69 Å². The second-order valence-corrected chi connectivity index (χ2v) is 6.03. The average molecular weight is 364 g/mol. The highest BCUT2D eigenvalue weighted by atomic mass is 35.5. The molecule has 0 unspecified atom stereocenters. The zero-order valence-electron chi connectivity index (χ0n) is 13.1. The van der Waals surface area contributed by atoms with E-state index in [0.717, 1.165) is 0 Å². The summed E-state index contributed by atoms with van der Waals surface area (Å²) in [4.78, 5) is 17.2. The number of anilines is 1. The van der Waals surface area contributed by atoms with Gasteiger partial charge in [-0.1, -0.05) is 23.2 Å². The molecule has 0 aliphatic rings. The molecule has 1 N–H and O–H groups in total. The maximum Gasteiger partial charge on any atom is 0.274 e. The molecule has 0 atom stereocenters. The van der Waals surface area contributed by atoms with Crippen molar-refractivity contribution >= 4 is 40.4 Å². The topological polar surface area (TPSA) is 55.6 Å². The number of nitrogens with zero attached hydrogens (tertiary/aromatic N) is 2. The molecule has 24 heavy (non-hydrogen) atoms. The van der Waals surface area contributed by atoms with Gasteiger partial charge in [-0.25, -0.2) is 4.98 Å². The number of carbonyl (C=O) groups is 1. The van der Waals surface area contributed by atoms with E-state index in [9.17, 15) is 4.79 Å². The Morgan fingerprint density at radius 2 is 2.00 bits per heavy atom. The van der Waals surface area contributed by atoms with Crippen molar-refractivity contribution in [3.8, 4) is 5.75 Å². The van der Waals surface area contributed by atoms with Crippen LogP contribution in [0.5, 0.6) is 5.75 Å². The van der Waals surface area contributed by atoms with Gasteiger partial charge in [-0.15, -0.1) is 0 Å². The fourth-order valence-electron chi connectivity index (χ4n) is 2.51. The zero-order chi connectivity index (χ0) is 17.3. The number of rotatable bonds is 4.